The fourth-order valence-electron chi connectivity index (χ4n) is 2.92. The summed E-state index contributed by atoms with van der Waals surface area (Å²) in [5.41, 5.74) is 3.46. The van der Waals surface area contributed by atoms with Crippen molar-refractivity contribution in [3.05, 3.63) is 58.4 Å². The highest BCUT2D eigenvalue weighted by atomic mass is 32.2. The molecule has 0 saturated heterocycles. The Morgan fingerprint density at radius 3 is 2.50 bits per heavy atom. The van der Waals surface area contributed by atoms with Gasteiger partial charge in [0.2, 0.25) is 0 Å². The molecule has 1 amide bonds. The second-order valence-corrected chi connectivity index (χ2v) is 8.11. The predicted octanol–water partition coefficient (Wildman–Crippen LogP) is 5.07. The predicted molar refractivity (Wildman–Crippen MR) is 112 cm³/mol. The van der Waals surface area contributed by atoms with Crippen LogP contribution >= 0.6 is 23.1 Å². The molecule has 0 unspecified atom stereocenters. The fraction of sp³-hybridized carbons (Fsp3) is 0.333. The van der Waals surface area contributed by atoms with E-state index in [9.17, 15) is 4.79 Å². The summed E-state index contributed by atoms with van der Waals surface area (Å²) in [6.45, 7) is 5.15. The third-order valence-electron chi connectivity index (χ3n) is 4.34. The quantitative estimate of drug-likeness (QED) is 0.556. The zero-order valence-electron chi connectivity index (χ0n) is 15.5. The molecule has 3 nitrogen and oxygen atoms in total. The monoisotopic (exact) mass is 384 g/mol. The van der Waals surface area contributed by atoms with Crippen LogP contribution in [0.5, 0.6) is 0 Å². The second kappa shape index (κ2) is 8.69. The summed E-state index contributed by atoms with van der Waals surface area (Å²) >= 11 is 3.33. The molecule has 0 aliphatic carbocycles. The number of aryl methyl sites for hydroxylation is 2. The summed E-state index contributed by atoms with van der Waals surface area (Å²) in [4.78, 5) is 19.0. The lowest BCUT2D eigenvalue weighted by Gasteiger charge is -2.03. The van der Waals surface area contributed by atoms with Crippen LogP contribution in [0.1, 0.15) is 31.4 Å². The maximum atomic E-state index is 12.5. The number of hydrogen-bond acceptors (Lipinski definition) is 3. The molecule has 136 valence electrons. The van der Waals surface area contributed by atoms with E-state index in [1.165, 1.54) is 15.2 Å². The van der Waals surface area contributed by atoms with Crippen LogP contribution in [0.3, 0.4) is 0 Å². The molecule has 2 aromatic carbocycles. The van der Waals surface area contributed by atoms with Crippen LogP contribution in [0.15, 0.2) is 52.4 Å². The van der Waals surface area contributed by atoms with Crippen molar-refractivity contribution in [3.63, 3.8) is 0 Å². The highest BCUT2D eigenvalue weighted by Crippen LogP contribution is 2.24. The first kappa shape index (κ1) is 18.9. The van der Waals surface area contributed by atoms with Crippen molar-refractivity contribution >= 4 is 39.2 Å². The van der Waals surface area contributed by atoms with Gasteiger partial charge in [-0.05, 0) is 48.4 Å². The van der Waals surface area contributed by atoms with Crippen molar-refractivity contribution in [3.8, 4) is 0 Å². The molecule has 3 aromatic rings. The van der Waals surface area contributed by atoms with Gasteiger partial charge in [-0.1, -0.05) is 49.4 Å². The van der Waals surface area contributed by atoms with E-state index < -0.39 is 0 Å². The molecule has 0 N–H and O–H groups in total. The number of benzene rings is 2. The van der Waals surface area contributed by atoms with Crippen LogP contribution in [-0.2, 0) is 24.2 Å². The molecule has 0 atom stereocenters. The highest BCUT2D eigenvalue weighted by molar-refractivity contribution is 7.98. The van der Waals surface area contributed by atoms with Gasteiger partial charge in [0, 0.05) is 11.4 Å². The van der Waals surface area contributed by atoms with E-state index in [1.54, 1.807) is 23.1 Å². The van der Waals surface area contributed by atoms with Crippen LogP contribution in [0.2, 0.25) is 0 Å². The smallest absolute Gasteiger partial charge is 0.252 e. The Balaban J connectivity index is 1.93. The molecule has 0 spiro atoms. The molecular formula is C21H24N2OS2. The van der Waals surface area contributed by atoms with Gasteiger partial charge in [-0.3, -0.25) is 4.79 Å². The van der Waals surface area contributed by atoms with E-state index >= 15 is 0 Å². The van der Waals surface area contributed by atoms with Gasteiger partial charge in [0.05, 0.1) is 16.6 Å². The molecule has 3 rings (SSSR count). The van der Waals surface area contributed by atoms with Crippen molar-refractivity contribution in [2.24, 2.45) is 4.99 Å². The number of aromatic nitrogens is 1. The minimum absolute atomic E-state index is 0.0873. The Morgan fingerprint density at radius 2 is 1.85 bits per heavy atom. The van der Waals surface area contributed by atoms with E-state index in [-0.39, 0.29) is 5.91 Å². The van der Waals surface area contributed by atoms with Crippen molar-refractivity contribution in [1.82, 2.24) is 4.57 Å². The van der Waals surface area contributed by atoms with E-state index in [0.717, 1.165) is 35.3 Å². The normalized spacial score (nSPS) is 12.0. The van der Waals surface area contributed by atoms with Crippen molar-refractivity contribution in [2.45, 2.75) is 44.6 Å². The SMILES string of the molecule is CCCn1c(=NC(=O)Cc2ccc(CC)cc2)sc2cc(SC)ccc21. The van der Waals surface area contributed by atoms with E-state index in [2.05, 4.69) is 60.0 Å². The van der Waals surface area contributed by atoms with E-state index in [0.29, 0.717) is 6.42 Å². The number of thiazole rings is 1. The van der Waals surface area contributed by atoms with Crippen molar-refractivity contribution in [1.29, 1.82) is 0 Å². The maximum absolute atomic E-state index is 12.5. The molecule has 0 radical (unpaired) electrons. The van der Waals surface area contributed by atoms with Crippen LogP contribution in [0.4, 0.5) is 0 Å². The molecule has 1 aromatic heterocycles. The number of nitrogens with zero attached hydrogens (tertiary/aromatic N) is 2. The lowest BCUT2D eigenvalue weighted by Crippen LogP contribution is -2.17. The van der Waals surface area contributed by atoms with Crippen molar-refractivity contribution < 1.29 is 4.79 Å². The van der Waals surface area contributed by atoms with Gasteiger partial charge in [-0.2, -0.15) is 4.99 Å². The minimum atomic E-state index is -0.0873. The van der Waals surface area contributed by atoms with E-state index in [1.807, 2.05) is 12.1 Å². The molecular weight excluding hydrogens is 360 g/mol. The summed E-state index contributed by atoms with van der Waals surface area (Å²) in [6.07, 6.45) is 4.44. The molecule has 0 bridgehead atoms. The van der Waals surface area contributed by atoms with Crippen molar-refractivity contribution in [2.75, 3.05) is 6.26 Å². The molecule has 0 saturated carbocycles. The largest absolute Gasteiger partial charge is 0.316 e. The number of hydrogen-bond donors (Lipinski definition) is 0. The summed E-state index contributed by atoms with van der Waals surface area (Å²) < 4.78 is 3.35. The van der Waals surface area contributed by atoms with Crippen LogP contribution in [0, 0.1) is 0 Å². The number of rotatable bonds is 6. The third-order valence-corrected chi connectivity index (χ3v) is 6.11. The molecule has 5 heteroatoms. The molecule has 26 heavy (non-hydrogen) atoms. The first-order valence-electron chi connectivity index (χ1n) is 8.97. The number of amides is 1. The first-order chi connectivity index (χ1) is 12.6. The van der Waals surface area contributed by atoms with Crippen LogP contribution in [-0.4, -0.2) is 16.7 Å². The van der Waals surface area contributed by atoms with Gasteiger partial charge in [0.25, 0.3) is 5.91 Å². The summed E-state index contributed by atoms with van der Waals surface area (Å²) in [7, 11) is 0. The topological polar surface area (TPSA) is 34.4 Å². The van der Waals surface area contributed by atoms with Gasteiger partial charge in [0.15, 0.2) is 4.80 Å². The Hall–Kier alpha value is -1.85. The molecule has 1 heterocycles. The maximum Gasteiger partial charge on any atom is 0.252 e. The standard InChI is InChI=1S/C21H24N2OS2/c1-4-12-23-18-11-10-17(25-3)14-19(18)26-21(23)22-20(24)13-16-8-6-15(5-2)7-9-16/h6-11,14H,4-5,12-13H2,1-3H3. The Morgan fingerprint density at radius 1 is 1.12 bits per heavy atom. The van der Waals surface area contributed by atoms with E-state index in [4.69, 9.17) is 0 Å². The van der Waals surface area contributed by atoms with Gasteiger partial charge in [0.1, 0.15) is 0 Å². The fourth-order valence-corrected chi connectivity index (χ4v) is 4.55. The number of fused-ring (bicyclic) bond motifs is 1. The Bertz CT molecular complexity index is 968. The first-order valence-corrected chi connectivity index (χ1v) is 11.0. The summed E-state index contributed by atoms with van der Waals surface area (Å²) in [6, 6.07) is 14.7. The molecule has 0 fully saturated rings. The average molecular weight is 385 g/mol. The van der Waals surface area contributed by atoms with Gasteiger partial charge >= 0.3 is 0 Å². The zero-order valence-corrected chi connectivity index (χ0v) is 17.1. The molecule has 0 aliphatic rings. The van der Waals surface area contributed by atoms with Gasteiger partial charge in [-0.25, -0.2) is 0 Å². The van der Waals surface area contributed by atoms with Crippen LogP contribution < -0.4 is 4.80 Å². The van der Waals surface area contributed by atoms with Gasteiger partial charge < -0.3 is 4.57 Å². The number of carbonyl (C=O) groups is 1. The third kappa shape index (κ3) is 4.27. The molecule has 0 aliphatic heterocycles. The highest BCUT2D eigenvalue weighted by Gasteiger charge is 2.09. The van der Waals surface area contributed by atoms with Gasteiger partial charge in [-0.15, -0.1) is 11.8 Å². The zero-order chi connectivity index (χ0) is 18.5. The average Bonchev–Trinajstić information content (AvgIpc) is 2.98. The number of carbonyl (C=O) groups excluding carboxylic acids is 1. The Kier molecular flexibility index (Phi) is 6.33. The number of thioether (sulfide) groups is 1. The summed E-state index contributed by atoms with van der Waals surface area (Å²) in [5, 5.41) is 0. The lowest BCUT2D eigenvalue weighted by atomic mass is 10.1. The van der Waals surface area contributed by atoms with Crippen LogP contribution in [0.25, 0.3) is 10.2 Å². The second-order valence-electron chi connectivity index (χ2n) is 6.22. The minimum Gasteiger partial charge on any atom is -0.316 e. The Labute approximate surface area is 162 Å². The lowest BCUT2D eigenvalue weighted by molar-refractivity contribution is -0.117. The summed E-state index contributed by atoms with van der Waals surface area (Å²) in [5.74, 6) is -0.0873.